The number of nitrogens with zero attached hydrogens (tertiary/aromatic N) is 6. The van der Waals surface area contributed by atoms with Gasteiger partial charge in [-0.3, -0.25) is 10.1 Å². The lowest BCUT2D eigenvalue weighted by atomic mass is 10.0. The van der Waals surface area contributed by atoms with Gasteiger partial charge in [0.2, 0.25) is 0 Å². The average Bonchev–Trinajstić information content (AvgIpc) is 3.72. The van der Waals surface area contributed by atoms with Crippen LogP contribution in [-0.4, -0.2) is 67.8 Å². The zero-order valence-electron chi connectivity index (χ0n) is 22.9. The Morgan fingerprint density at radius 3 is 2.72 bits per heavy atom. The van der Waals surface area contributed by atoms with Gasteiger partial charge in [0.15, 0.2) is 11.6 Å². The smallest absolute Gasteiger partial charge is 0.159 e. The molecule has 0 amide bonds. The fraction of sp³-hybridized carbons (Fsp3) is 0.419. The molecule has 0 unspecified atom stereocenters. The molecule has 0 radical (unpaired) electrons. The summed E-state index contributed by atoms with van der Waals surface area (Å²) in [6, 6.07) is 4.25. The van der Waals surface area contributed by atoms with Crippen molar-refractivity contribution in [2.75, 3.05) is 37.6 Å². The number of rotatable bonds is 8. The van der Waals surface area contributed by atoms with Gasteiger partial charge >= 0.3 is 0 Å². The summed E-state index contributed by atoms with van der Waals surface area (Å²) in [5.74, 6) is 1.67. The Morgan fingerprint density at radius 2 is 1.90 bits per heavy atom. The fourth-order valence-corrected chi connectivity index (χ4v) is 5.88. The van der Waals surface area contributed by atoms with Crippen LogP contribution in [0.4, 0.5) is 5.82 Å². The molecule has 6 heterocycles. The van der Waals surface area contributed by atoms with E-state index in [0.29, 0.717) is 0 Å². The van der Waals surface area contributed by atoms with Gasteiger partial charge in [-0.15, -0.1) is 0 Å². The zero-order chi connectivity index (χ0) is 26.6. The third-order valence-electron chi connectivity index (χ3n) is 8.02. The van der Waals surface area contributed by atoms with Crippen LogP contribution in [0.1, 0.15) is 56.6 Å². The van der Waals surface area contributed by atoms with E-state index in [1.807, 2.05) is 24.7 Å². The molecular weight excluding hydrogens is 484 g/mol. The van der Waals surface area contributed by atoms with Crippen molar-refractivity contribution in [3.05, 3.63) is 58.5 Å². The van der Waals surface area contributed by atoms with Gasteiger partial charge in [0.25, 0.3) is 0 Å². The van der Waals surface area contributed by atoms with Gasteiger partial charge in [-0.2, -0.15) is 5.10 Å². The lowest BCUT2D eigenvalue weighted by Crippen LogP contribution is -2.30. The predicted molar refractivity (Wildman–Crippen MR) is 159 cm³/mol. The highest BCUT2D eigenvalue weighted by Gasteiger charge is 2.19. The van der Waals surface area contributed by atoms with Gasteiger partial charge < -0.3 is 14.8 Å². The molecule has 8 heteroatoms. The molecule has 0 aromatic carbocycles. The normalized spacial score (nSPS) is 17.5. The Hall–Kier alpha value is -3.78. The van der Waals surface area contributed by atoms with E-state index in [0.717, 1.165) is 76.0 Å². The van der Waals surface area contributed by atoms with Gasteiger partial charge in [-0.1, -0.05) is 12.7 Å². The summed E-state index contributed by atoms with van der Waals surface area (Å²) in [5.41, 5.74) is 6.09. The molecule has 202 valence electrons. The number of pyridine rings is 2. The molecule has 6 rings (SSSR count). The maximum absolute atomic E-state index is 4.99. The van der Waals surface area contributed by atoms with E-state index in [1.54, 1.807) is 0 Å². The third kappa shape index (κ3) is 5.52. The molecule has 0 atom stereocenters. The molecule has 2 N–H and O–H groups in total. The molecular formula is C31H38N8. The van der Waals surface area contributed by atoms with E-state index in [4.69, 9.17) is 9.97 Å². The highest BCUT2D eigenvalue weighted by molar-refractivity contribution is 5.91. The molecule has 4 aromatic heterocycles. The average molecular weight is 523 g/mol. The minimum absolute atomic E-state index is 0.720. The second kappa shape index (κ2) is 11.5. The number of piperidine rings is 1. The van der Waals surface area contributed by atoms with Crippen LogP contribution in [0.5, 0.6) is 0 Å². The van der Waals surface area contributed by atoms with E-state index in [1.165, 1.54) is 57.3 Å². The number of aromatic nitrogens is 6. The Bertz CT molecular complexity index is 1570. The zero-order valence-corrected chi connectivity index (χ0v) is 22.9. The Labute approximate surface area is 229 Å². The van der Waals surface area contributed by atoms with Crippen LogP contribution >= 0.6 is 0 Å². The van der Waals surface area contributed by atoms with E-state index in [-0.39, 0.29) is 0 Å². The van der Waals surface area contributed by atoms with E-state index < -0.39 is 0 Å². The number of imidazole rings is 1. The van der Waals surface area contributed by atoms with Crippen LogP contribution in [0.15, 0.2) is 36.8 Å². The van der Waals surface area contributed by atoms with Crippen LogP contribution in [0.3, 0.4) is 0 Å². The van der Waals surface area contributed by atoms with Gasteiger partial charge in [0.05, 0.1) is 10.9 Å². The summed E-state index contributed by atoms with van der Waals surface area (Å²) < 4.78 is 0. The Morgan fingerprint density at radius 1 is 1.08 bits per heavy atom. The van der Waals surface area contributed by atoms with Gasteiger partial charge in [0, 0.05) is 36.9 Å². The maximum Gasteiger partial charge on any atom is 0.159 e. The van der Waals surface area contributed by atoms with Gasteiger partial charge in [0.1, 0.15) is 11.2 Å². The SMILES string of the molecule is C=c1[nH]nc(-c2nc3c(N4CCCCC4)nccc3[nH]2)/c1=C/C(=C\C)c1cncc(CCCN2CCCC2)c1. The van der Waals surface area contributed by atoms with Crippen molar-refractivity contribution in [3.8, 4) is 11.5 Å². The minimum atomic E-state index is 0.720. The summed E-state index contributed by atoms with van der Waals surface area (Å²) in [5, 5.41) is 9.37. The number of nitrogens with one attached hydrogen (secondary N) is 2. The number of allylic oxidation sites excluding steroid dienone is 2. The van der Waals surface area contributed by atoms with Crippen LogP contribution in [-0.2, 0) is 6.42 Å². The first-order valence-corrected chi connectivity index (χ1v) is 14.4. The Kier molecular flexibility index (Phi) is 7.54. The molecule has 2 fully saturated rings. The first-order valence-electron chi connectivity index (χ1n) is 14.4. The lowest BCUT2D eigenvalue weighted by Gasteiger charge is -2.27. The largest absolute Gasteiger partial charge is 0.355 e. The van der Waals surface area contributed by atoms with Gasteiger partial charge in [-0.05, 0) is 106 Å². The summed E-state index contributed by atoms with van der Waals surface area (Å²) in [7, 11) is 0. The first kappa shape index (κ1) is 25.5. The van der Waals surface area contributed by atoms with Crippen molar-refractivity contribution in [2.45, 2.75) is 51.9 Å². The molecule has 2 aliphatic heterocycles. The standard InChI is InChI=1S/C31H38N8/c1-3-24(25-18-23(20-32-21-25)10-9-15-38-13-7-8-14-38)19-26-22(2)36-37-28(26)30-34-27-11-12-33-31(29(27)35-30)39-16-5-4-6-17-39/h3,11-12,18-21,36H,2,4-10,13-17H2,1H3,(H,34,35)/b24-3+,26-19+. The van der Waals surface area contributed by atoms with Crippen LogP contribution in [0.25, 0.3) is 40.8 Å². The Balaban J connectivity index is 1.29. The minimum Gasteiger partial charge on any atom is -0.355 e. The number of hydrogen-bond acceptors (Lipinski definition) is 6. The molecule has 2 aliphatic rings. The van der Waals surface area contributed by atoms with E-state index >= 15 is 0 Å². The number of hydrogen-bond donors (Lipinski definition) is 2. The van der Waals surface area contributed by atoms with Crippen LogP contribution < -0.4 is 15.5 Å². The molecule has 0 spiro atoms. The number of fused-ring (bicyclic) bond motifs is 1. The lowest BCUT2D eigenvalue weighted by molar-refractivity contribution is 0.334. The number of anilines is 1. The van der Waals surface area contributed by atoms with E-state index in [2.05, 4.69) is 61.7 Å². The van der Waals surface area contributed by atoms with Crippen molar-refractivity contribution >= 4 is 35.1 Å². The highest BCUT2D eigenvalue weighted by atomic mass is 15.2. The summed E-state index contributed by atoms with van der Waals surface area (Å²) in [4.78, 5) is 22.7. The molecule has 0 aliphatic carbocycles. The summed E-state index contributed by atoms with van der Waals surface area (Å²) >= 11 is 0. The number of likely N-dealkylation sites (tertiary alicyclic amines) is 1. The molecule has 0 bridgehead atoms. The van der Waals surface area contributed by atoms with Crippen LogP contribution in [0.2, 0.25) is 0 Å². The quantitative estimate of drug-likeness (QED) is 0.363. The monoisotopic (exact) mass is 522 g/mol. The summed E-state index contributed by atoms with van der Waals surface area (Å²) in [6.07, 6.45) is 18.6. The fourth-order valence-electron chi connectivity index (χ4n) is 5.88. The first-order chi connectivity index (χ1) is 19.2. The summed E-state index contributed by atoms with van der Waals surface area (Å²) in [6.45, 7) is 12.0. The molecule has 4 aromatic rings. The third-order valence-corrected chi connectivity index (χ3v) is 8.02. The molecule has 8 nitrogen and oxygen atoms in total. The number of H-pyrrole nitrogens is 2. The van der Waals surface area contributed by atoms with Gasteiger partial charge in [-0.25, -0.2) is 9.97 Å². The number of aromatic amines is 2. The van der Waals surface area contributed by atoms with Crippen molar-refractivity contribution in [1.29, 1.82) is 0 Å². The topological polar surface area (TPSA) is 89.6 Å². The number of aryl methyl sites for hydroxylation is 1. The van der Waals surface area contributed by atoms with E-state index in [9.17, 15) is 0 Å². The van der Waals surface area contributed by atoms with Crippen molar-refractivity contribution in [2.24, 2.45) is 0 Å². The second-order valence-corrected chi connectivity index (χ2v) is 10.8. The second-order valence-electron chi connectivity index (χ2n) is 10.8. The molecule has 39 heavy (non-hydrogen) atoms. The maximum atomic E-state index is 4.99. The van der Waals surface area contributed by atoms with Crippen molar-refractivity contribution in [3.63, 3.8) is 0 Å². The predicted octanol–water partition coefficient (Wildman–Crippen LogP) is 4.06. The van der Waals surface area contributed by atoms with Crippen LogP contribution in [0, 0.1) is 0 Å². The molecule has 2 saturated heterocycles. The van der Waals surface area contributed by atoms with Crippen molar-refractivity contribution in [1.82, 2.24) is 35.0 Å². The van der Waals surface area contributed by atoms with Crippen molar-refractivity contribution < 1.29 is 0 Å². The molecule has 0 saturated carbocycles. The highest BCUT2D eigenvalue weighted by Crippen LogP contribution is 2.27.